The van der Waals surface area contributed by atoms with Crippen LogP contribution in [0.2, 0.25) is 0 Å². The number of nitrogens with one attached hydrogen (secondary N) is 1. The van der Waals surface area contributed by atoms with E-state index in [0.29, 0.717) is 34.4 Å². The molecule has 3 heterocycles. The minimum Gasteiger partial charge on any atom is -0.457 e. The monoisotopic (exact) mass is 525 g/mol. The van der Waals surface area contributed by atoms with Crippen molar-refractivity contribution in [3.63, 3.8) is 0 Å². The van der Waals surface area contributed by atoms with Crippen LogP contribution in [0.15, 0.2) is 113 Å². The van der Waals surface area contributed by atoms with Gasteiger partial charge in [0.25, 0.3) is 10.0 Å². The Hall–Kier alpha value is -4.54. The predicted octanol–water partition coefficient (Wildman–Crippen LogP) is 6.11. The molecule has 0 unspecified atom stereocenters. The standard InChI is InChI=1S/C27H19N5O3S2/c33-37(34,23-14-12-22(13-15-23)35-21-5-2-1-3-6-21)31-20-10-8-19(9-11-20)24-16-17-26-28-29-27(32(26)30-24)25-7-4-18-36-25/h1-18,31H. The van der Waals surface area contributed by atoms with Gasteiger partial charge >= 0.3 is 0 Å². The van der Waals surface area contributed by atoms with Crippen molar-refractivity contribution in [1.29, 1.82) is 0 Å². The first kappa shape index (κ1) is 22.9. The highest BCUT2D eigenvalue weighted by atomic mass is 32.2. The minimum atomic E-state index is -3.77. The van der Waals surface area contributed by atoms with Gasteiger partial charge in [0, 0.05) is 11.3 Å². The van der Waals surface area contributed by atoms with Gasteiger partial charge in [0.05, 0.1) is 15.5 Å². The fourth-order valence-corrected chi connectivity index (χ4v) is 5.49. The molecule has 0 atom stereocenters. The Morgan fingerprint density at radius 2 is 1.51 bits per heavy atom. The van der Waals surface area contributed by atoms with Crippen LogP contribution in [0, 0.1) is 0 Å². The molecular formula is C27H19N5O3S2. The van der Waals surface area contributed by atoms with Gasteiger partial charge < -0.3 is 4.74 Å². The number of anilines is 1. The fourth-order valence-electron chi connectivity index (χ4n) is 3.74. The van der Waals surface area contributed by atoms with E-state index in [1.807, 2.05) is 72.1 Å². The van der Waals surface area contributed by atoms with E-state index in [4.69, 9.17) is 9.84 Å². The third-order valence-electron chi connectivity index (χ3n) is 5.55. The van der Waals surface area contributed by atoms with Crippen LogP contribution in [0.5, 0.6) is 11.5 Å². The van der Waals surface area contributed by atoms with Gasteiger partial charge in [0.2, 0.25) is 0 Å². The lowest BCUT2D eigenvalue weighted by atomic mass is 10.1. The van der Waals surface area contributed by atoms with E-state index in [0.717, 1.165) is 10.4 Å². The third kappa shape index (κ3) is 4.80. The zero-order chi connectivity index (χ0) is 25.2. The SMILES string of the molecule is O=S(=O)(Nc1ccc(-c2ccc3nnc(-c4cccs4)n3n2)cc1)c1ccc(Oc2ccccc2)cc1. The molecule has 0 aliphatic carbocycles. The number of sulfonamides is 1. The Balaban J connectivity index is 1.19. The molecule has 0 radical (unpaired) electrons. The maximum Gasteiger partial charge on any atom is 0.261 e. The van der Waals surface area contributed by atoms with Crippen LogP contribution >= 0.6 is 11.3 Å². The molecule has 6 aromatic rings. The first-order chi connectivity index (χ1) is 18.0. The van der Waals surface area contributed by atoms with E-state index in [-0.39, 0.29) is 4.90 Å². The fraction of sp³-hybridized carbons (Fsp3) is 0. The van der Waals surface area contributed by atoms with Crippen molar-refractivity contribution < 1.29 is 13.2 Å². The predicted molar refractivity (Wildman–Crippen MR) is 143 cm³/mol. The molecule has 10 heteroatoms. The lowest BCUT2D eigenvalue weighted by molar-refractivity contribution is 0.482. The second-order valence-electron chi connectivity index (χ2n) is 8.06. The number of hydrogen-bond donors (Lipinski definition) is 1. The molecule has 0 saturated heterocycles. The van der Waals surface area contributed by atoms with E-state index >= 15 is 0 Å². The number of para-hydroxylation sites is 1. The smallest absolute Gasteiger partial charge is 0.261 e. The summed E-state index contributed by atoms with van der Waals surface area (Å²) in [5, 5.41) is 15.1. The maximum atomic E-state index is 12.9. The van der Waals surface area contributed by atoms with Gasteiger partial charge in [0.15, 0.2) is 11.5 Å². The van der Waals surface area contributed by atoms with Crippen molar-refractivity contribution in [3.8, 4) is 33.5 Å². The Morgan fingerprint density at radius 3 is 2.24 bits per heavy atom. The zero-order valence-corrected chi connectivity index (χ0v) is 20.9. The number of rotatable bonds is 7. The summed E-state index contributed by atoms with van der Waals surface area (Å²) in [6.45, 7) is 0. The van der Waals surface area contributed by atoms with Crippen LogP contribution in [0.25, 0.3) is 27.6 Å². The molecule has 6 rings (SSSR count). The Labute approximate surface area is 216 Å². The van der Waals surface area contributed by atoms with Crippen molar-refractivity contribution in [2.45, 2.75) is 4.90 Å². The van der Waals surface area contributed by atoms with Crippen LogP contribution in [-0.2, 0) is 10.0 Å². The summed E-state index contributed by atoms with van der Waals surface area (Å²) in [4.78, 5) is 1.11. The van der Waals surface area contributed by atoms with E-state index in [2.05, 4.69) is 14.9 Å². The van der Waals surface area contributed by atoms with Crippen molar-refractivity contribution in [1.82, 2.24) is 19.8 Å². The van der Waals surface area contributed by atoms with Crippen LogP contribution < -0.4 is 9.46 Å². The number of fused-ring (bicyclic) bond motifs is 1. The molecule has 182 valence electrons. The van der Waals surface area contributed by atoms with E-state index in [1.165, 1.54) is 12.1 Å². The number of ether oxygens (including phenoxy) is 1. The maximum absolute atomic E-state index is 12.9. The molecule has 0 fully saturated rings. The quantitative estimate of drug-likeness (QED) is 0.270. The van der Waals surface area contributed by atoms with Crippen molar-refractivity contribution in [3.05, 3.63) is 109 Å². The summed E-state index contributed by atoms with van der Waals surface area (Å²) in [5.41, 5.74) is 2.64. The van der Waals surface area contributed by atoms with Gasteiger partial charge in [-0.05, 0) is 72.1 Å². The second kappa shape index (κ2) is 9.49. The summed E-state index contributed by atoms with van der Waals surface area (Å²) in [6, 6.07) is 30.3. The largest absolute Gasteiger partial charge is 0.457 e. The highest BCUT2D eigenvalue weighted by Gasteiger charge is 2.15. The molecule has 3 aromatic heterocycles. The molecule has 0 aliphatic heterocycles. The normalized spacial score (nSPS) is 11.5. The molecular weight excluding hydrogens is 506 g/mol. The molecule has 0 saturated carbocycles. The summed E-state index contributed by atoms with van der Waals surface area (Å²) in [5.74, 6) is 1.91. The molecule has 1 N–H and O–H groups in total. The lowest BCUT2D eigenvalue weighted by Gasteiger charge is -2.10. The number of aromatic nitrogens is 4. The summed E-state index contributed by atoms with van der Waals surface area (Å²) in [7, 11) is -3.77. The van der Waals surface area contributed by atoms with E-state index in [1.54, 1.807) is 40.1 Å². The molecule has 0 amide bonds. The Morgan fingerprint density at radius 1 is 0.757 bits per heavy atom. The number of hydrogen-bond acceptors (Lipinski definition) is 7. The molecule has 0 bridgehead atoms. The average molecular weight is 526 g/mol. The van der Waals surface area contributed by atoms with Crippen LogP contribution in [0.4, 0.5) is 5.69 Å². The third-order valence-corrected chi connectivity index (χ3v) is 7.81. The first-order valence-corrected chi connectivity index (χ1v) is 13.6. The molecule has 3 aromatic carbocycles. The molecule has 0 aliphatic rings. The highest BCUT2D eigenvalue weighted by molar-refractivity contribution is 7.92. The van der Waals surface area contributed by atoms with Crippen molar-refractivity contribution in [2.24, 2.45) is 0 Å². The first-order valence-electron chi connectivity index (χ1n) is 11.3. The summed E-state index contributed by atoms with van der Waals surface area (Å²) >= 11 is 1.57. The minimum absolute atomic E-state index is 0.137. The van der Waals surface area contributed by atoms with Crippen LogP contribution in [0.3, 0.4) is 0 Å². The van der Waals surface area contributed by atoms with Crippen LogP contribution in [-0.4, -0.2) is 28.2 Å². The summed E-state index contributed by atoms with van der Waals surface area (Å²) < 4.78 is 35.9. The van der Waals surface area contributed by atoms with E-state index < -0.39 is 10.0 Å². The van der Waals surface area contributed by atoms with Gasteiger partial charge in [-0.3, -0.25) is 4.72 Å². The van der Waals surface area contributed by atoms with Crippen molar-refractivity contribution in [2.75, 3.05) is 4.72 Å². The second-order valence-corrected chi connectivity index (χ2v) is 10.7. The number of benzene rings is 3. The Kier molecular flexibility index (Phi) is 5.87. The van der Waals surface area contributed by atoms with Gasteiger partial charge in [-0.2, -0.15) is 9.61 Å². The average Bonchev–Trinajstić information content (AvgIpc) is 3.60. The Bertz CT molecular complexity index is 1770. The summed E-state index contributed by atoms with van der Waals surface area (Å²) in [6.07, 6.45) is 0. The van der Waals surface area contributed by atoms with Gasteiger partial charge in [-0.15, -0.1) is 21.5 Å². The van der Waals surface area contributed by atoms with E-state index in [9.17, 15) is 8.42 Å². The van der Waals surface area contributed by atoms with Gasteiger partial charge in [-0.25, -0.2) is 8.42 Å². The lowest BCUT2D eigenvalue weighted by Crippen LogP contribution is -2.12. The molecule has 0 spiro atoms. The molecule has 8 nitrogen and oxygen atoms in total. The topological polar surface area (TPSA) is 98.5 Å². The molecule has 37 heavy (non-hydrogen) atoms. The number of nitrogens with zero attached hydrogens (tertiary/aromatic N) is 4. The number of thiophene rings is 1. The van der Waals surface area contributed by atoms with Gasteiger partial charge in [0.1, 0.15) is 11.5 Å². The zero-order valence-electron chi connectivity index (χ0n) is 19.2. The van der Waals surface area contributed by atoms with Crippen molar-refractivity contribution >= 4 is 32.7 Å². The highest BCUT2D eigenvalue weighted by Crippen LogP contribution is 2.27. The van der Waals surface area contributed by atoms with Crippen LogP contribution in [0.1, 0.15) is 0 Å². The van der Waals surface area contributed by atoms with Gasteiger partial charge in [-0.1, -0.05) is 36.4 Å².